The number of piperidine rings is 1. The number of carbonyl (C=O) groups excluding carboxylic acids is 1. The van der Waals surface area contributed by atoms with Crippen LogP contribution in [0, 0.1) is 17.7 Å². The highest BCUT2D eigenvalue weighted by molar-refractivity contribution is 6.32. The molecule has 0 aromatic heterocycles. The van der Waals surface area contributed by atoms with Crippen LogP contribution in [0.15, 0.2) is 36.4 Å². The fraction of sp³-hybridized carbons (Fsp3) is 0.594. The zero-order valence-electron chi connectivity index (χ0n) is 22.6. The molecule has 38 heavy (non-hydrogen) atoms. The summed E-state index contributed by atoms with van der Waals surface area (Å²) in [4.78, 5) is 16.9. The lowest BCUT2D eigenvalue weighted by Crippen LogP contribution is -2.82. The van der Waals surface area contributed by atoms with Crippen LogP contribution in [0.1, 0.15) is 80.4 Å². The third-order valence-electron chi connectivity index (χ3n) is 10.3. The first kappa shape index (κ1) is 26.1. The Morgan fingerprint density at radius 3 is 2.68 bits per heavy atom. The summed E-state index contributed by atoms with van der Waals surface area (Å²) in [5.74, 6) is 1.41. The van der Waals surface area contributed by atoms with Crippen LogP contribution in [0.25, 0.3) is 0 Å². The first-order chi connectivity index (χ1) is 18.5. The van der Waals surface area contributed by atoms with Gasteiger partial charge in [0.1, 0.15) is 17.5 Å². The SMILES string of the molecule is COc1c(Cl)cc(F)c2c1CCCC21C[NH2+]CC1C(=O)N1CC[C@@H](c2ccccc2)C[C@H]1C1CCCCC1. The van der Waals surface area contributed by atoms with Gasteiger partial charge in [0, 0.05) is 23.7 Å². The van der Waals surface area contributed by atoms with Gasteiger partial charge in [-0.25, -0.2) is 4.39 Å². The molecule has 2 aromatic rings. The molecule has 6 heteroatoms. The summed E-state index contributed by atoms with van der Waals surface area (Å²) in [6, 6.07) is 12.5. The number of halogens is 2. The van der Waals surface area contributed by atoms with Crippen molar-refractivity contribution in [2.24, 2.45) is 11.8 Å². The molecular weight excluding hydrogens is 499 g/mol. The number of carbonyl (C=O) groups is 1. The van der Waals surface area contributed by atoms with E-state index in [0.29, 0.717) is 28.2 Å². The van der Waals surface area contributed by atoms with Crippen molar-refractivity contribution in [3.63, 3.8) is 0 Å². The molecule has 6 rings (SSSR count). The van der Waals surface area contributed by atoms with Crippen LogP contribution in [0.4, 0.5) is 4.39 Å². The standard InChI is InChI=1S/C32H40ClFN2O2/c1-38-30-24-13-8-15-32(29(24)27(34)18-26(30)33)20-35-19-25(32)31(37)36-16-14-23(21-9-4-2-5-10-21)17-28(36)22-11-6-3-7-12-22/h2,4-5,9-10,18,22-23,25,28,35H,3,6-8,11-17,19-20H2,1H3/p+1/t23-,25?,28+,32?/m1/s1. The number of methoxy groups -OCH3 is 1. The second-order valence-corrected chi connectivity index (χ2v) is 12.6. The Hall–Kier alpha value is -2.11. The van der Waals surface area contributed by atoms with Crippen LogP contribution in [0.2, 0.25) is 5.02 Å². The highest BCUT2D eigenvalue weighted by Crippen LogP contribution is 2.50. The summed E-state index contributed by atoms with van der Waals surface area (Å²) < 4.78 is 21.4. The van der Waals surface area contributed by atoms with Gasteiger partial charge in [-0.2, -0.15) is 0 Å². The minimum absolute atomic E-state index is 0.221. The predicted octanol–water partition coefficient (Wildman–Crippen LogP) is 5.61. The molecule has 0 radical (unpaired) electrons. The smallest absolute Gasteiger partial charge is 0.232 e. The van der Waals surface area contributed by atoms with Gasteiger partial charge in [0.05, 0.1) is 30.6 Å². The number of hydrogen-bond donors (Lipinski definition) is 1. The predicted molar refractivity (Wildman–Crippen MR) is 148 cm³/mol. The third kappa shape index (κ3) is 4.44. The topological polar surface area (TPSA) is 46.1 Å². The Bertz CT molecular complexity index is 1170. The van der Waals surface area contributed by atoms with Gasteiger partial charge in [-0.1, -0.05) is 61.2 Å². The molecule has 4 atom stereocenters. The molecule has 2 unspecified atom stereocenters. The molecule has 0 bridgehead atoms. The Morgan fingerprint density at radius 1 is 1.13 bits per heavy atom. The number of ether oxygens (including phenoxy) is 1. The van der Waals surface area contributed by atoms with E-state index in [-0.39, 0.29) is 23.7 Å². The van der Waals surface area contributed by atoms with Gasteiger partial charge in [-0.05, 0) is 68.4 Å². The monoisotopic (exact) mass is 539 g/mol. The van der Waals surface area contributed by atoms with Gasteiger partial charge in [-0.3, -0.25) is 4.79 Å². The molecule has 2 saturated heterocycles. The number of hydrogen-bond acceptors (Lipinski definition) is 2. The van der Waals surface area contributed by atoms with Crippen molar-refractivity contribution in [2.45, 2.75) is 81.6 Å². The average Bonchev–Trinajstić information content (AvgIpc) is 3.36. The van der Waals surface area contributed by atoms with Gasteiger partial charge in [0.15, 0.2) is 0 Å². The van der Waals surface area contributed by atoms with Crippen LogP contribution in [-0.2, 0) is 16.6 Å². The molecule has 4 aliphatic rings. The number of amides is 1. The minimum atomic E-state index is -0.500. The van der Waals surface area contributed by atoms with Crippen LogP contribution >= 0.6 is 11.6 Å². The summed E-state index contributed by atoms with van der Waals surface area (Å²) >= 11 is 6.40. The fourth-order valence-electron chi connectivity index (χ4n) is 8.58. The largest absolute Gasteiger partial charge is 0.495 e. The number of rotatable bonds is 4. The highest BCUT2D eigenvalue weighted by atomic mass is 35.5. The lowest BCUT2D eigenvalue weighted by Gasteiger charge is -2.47. The maximum Gasteiger partial charge on any atom is 0.232 e. The average molecular weight is 540 g/mol. The molecule has 3 fully saturated rings. The second kappa shape index (κ2) is 10.8. The molecular formula is C32H41ClFN2O2+. The molecule has 1 amide bonds. The van der Waals surface area contributed by atoms with Crippen LogP contribution < -0.4 is 10.1 Å². The van der Waals surface area contributed by atoms with E-state index in [1.54, 1.807) is 7.11 Å². The minimum Gasteiger partial charge on any atom is -0.495 e. The molecule has 2 heterocycles. The summed E-state index contributed by atoms with van der Waals surface area (Å²) in [6.45, 7) is 2.26. The molecule has 2 aliphatic carbocycles. The van der Waals surface area contributed by atoms with E-state index in [9.17, 15) is 4.79 Å². The summed E-state index contributed by atoms with van der Waals surface area (Å²) in [5, 5.41) is 2.57. The summed E-state index contributed by atoms with van der Waals surface area (Å²) in [7, 11) is 1.61. The number of likely N-dealkylation sites (tertiary alicyclic amines) is 1. The zero-order chi connectivity index (χ0) is 26.3. The molecule has 1 spiro atoms. The Balaban J connectivity index is 1.34. The van der Waals surface area contributed by atoms with Crippen molar-refractivity contribution in [1.82, 2.24) is 4.90 Å². The van der Waals surface area contributed by atoms with E-state index in [1.807, 2.05) is 0 Å². The lowest BCUT2D eigenvalue weighted by atomic mass is 9.63. The van der Waals surface area contributed by atoms with Crippen LogP contribution in [0.3, 0.4) is 0 Å². The fourth-order valence-corrected chi connectivity index (χ4v) is 8.87. The Kier molecular flexibility index (Phi) is 7.43. The molecule has 2 aromatic carbocycles. The Morgan fingerprint density at radius 2 is 1.92 bits per heavy atom. The van der Waals surface area contributed by atoms with Gasteiger partial charge >= 0.3 is 0 Å². The van der Waals surface area contributed by atoms with Crippen molar-refractivity contribution in [3.05, 3.63) is 63.9 Å². The molecule has 2 N–H and O–H groups in total. The quantitative estimate of drug-likeness (QED) is 0.549. The van der Waals surface area contributed by atoms with Gasteiger partial charge < -0.3 is 15.0 Å². The Labute approximate surface area is 231 Å². The molecule has 1 saturated carbocycles. The van der Waals surface area contributed by atoms with E-state index in [1.165, 1.54) is 43.7 Å². The van der Waals surface area contributed by atoms with E-state index >= 15 is 4.39 Å². The summed E-state index contributed by atoms with van der Waals surface area (Å²) in [6.07, 6.45) is 10.8. The van der Waals surface area contributed by atoms with Gasteiger partial charge in [0.2, 0.25) is 5.91 Å². The number of fused-ring (bicyclic) bond motifs is 2. The van der Waals surface area contributed by atoms with Crippen molar-refractivity contribution >= 4 is 17.5 Å². The molecule has 4 nitrogen and oxygen atoms in total. The summed E-state index contributed by atoms with van der Waals surface area (Å²) in [5.41, 5.74) is 2.48. The van der Waals surface area contributed by atoms with E-state index in [4.69, 9.17) is 16.3 Å². The van der Waals surface area contributed by atoms with Gasteiger partial charge in [-0.15, -0.1) is 0 Å². The van der Waals surface area contributed by atoms with Crippen molar-refractivity contribution in [1.29, 1.82) is 0 Å². The van der Waals surface area contributed by atoms with Crippen LogP contribution in [0.5, 0.6) is 5.75 Å². The first-order valence-corrected chi connectivity index (χ1v) is 15.1. The number of benzene rings is 2. The number of nitrogens with zero attached hydrogens (tertiary/aromatic N) is 1. The van der Waals surface area contributed by atoms with E-state index < -0.39 is 5.41 Å². The number of nitrogens with two attached hydrogens (primary N) is 1. The lowest BCUT2D eigenvalue weighted by molar-refractivity contribution is -0.640. The molecule has 2 aliphatic heterocycles. The number of quaternary nitrogens is 1. The van der Waals surface area contributed by atoms with Crippen LogP contribution in [-0.4, -0.2) is 43.6 Å². The van der Waals surface area contributed by atoms with E-state index in [0.717, 1.165) is 57.3 Å². The molecule has 204 valence electrons. The van der Waals surface area contributed by atoms with Gasteiger partial charge in [0.25, 0.3) is 0 Å². The normalized spacial score (nSPS) is 29.9. The maximum atomic E-state index is 15.8. The second-order valence-electron chi connectivity index (χ2n) is 12.1. The van der Waals surface area contributed by atoms with Crippen molar-refractivity contribution in [2.75, 3.05) is 26.7 Å². The first-order valence-electron chi connectivity index (χ1n) is 14.8. The maximum absolute atomic E-state index is 15.8. The van der Waals surface area contributed by atoms with Crippen molar-refractivity contribution < 1.29 is 19.2 Å². The zero-order valence-corrected chi connectivity index (χ0v) is 23.3. The van der Waals surface area contributed by atoms with E-state index in [2.05, 4.69) is 40.5 Å². The van der Waals surface area contributed by atoms with Crippen molar-refractivity contribution in [3.8, 4) is 5.75 Å². The third-order valence-corrected chi connectivity index (χ3v) is 10.6. The highest BCUT2D eigenvalue weighted by Gasteiger charge is 2.56.